The lowest BCUT2D eigenvalue weighted by atomic mass is 9.89. The van der Waals surface area contributed by atoms with E-state index in [1.165, 1.54) is 31.3 Å². The second-order valence-corrected chi connectivity index (χ2v) is 8.52. The molecule has 3 rings (SSSR count). The predicted octanol–water partition coefficient (Wildman–Crippen LogP) is 6.74. The molecule has 3 heterocycles. The fourth-order valence-electron chi connectivity index (χ4n) is 2.78. The van der Waals surface area contributed by atoms with Crippen LogP contribution in [0, 0.1) is 0 Å². The molecule has 3 heteroatoms. The van der Waals surface area contributed by atoms with Gasteiger partial charge in [0.05, 0.1) is 0 Å². The number of aryl methyl sites for hydroxylation is 3. The van der Waals surface area contributed by atoms with Gasteiger partial charge in [-0.2, -0.15) is 0 Å². The standard InChI is InChI=1S/C19H22S3/c1-4-16-7-13(10-20-16)19(14-8-17(5-2)21-11-14)15-9-18(6-3)22-12-15/h7-12,19H,4-6H2,1-3H3. The van der Waals surface area contributed by atoms with Gasteiger partial charge in [0.1, 0.15) is 0 Å². The van der Waals surface area contributed by atoms with E-state index in [1.54, 1.807) is 0 Å². The molecule has 116 valence electrons. The summed E-state index contributed by atoms with van der Waals surface area (Å²) in [5.74, 6) is 0.407. The van der Waals surface area contributed by atoms with Gasteiger partial charge in [-0.15, -0.1) is 34.0 Å². The van der Waals surface area contributed by atoms with Gasteiger partial charge in [-0.25, -0.2) is 0 Å². The van der Waals surface area contributed by atoms with Crippen LogP contribution < -0.4 is 0 Å². The molecule has 0 saturated carbocycles. The summed E-state index contributed by atoms with van der Waals surface area (Å²) in [6.07, 6.45) is 3.39. The van der Waals surface area contributed by atoms with Crippen molar-refractivity contribution in [3.8, 4) is 0 Å². The summed E-state index contributed by atoms with van der Waals surface area (Å²) in [6, 6.07) is 7.21. The van der Waals surface area contributed by atoms with Gasteiger partial charge in [0.25, 0.3) is 0 Å². The lowest BCUT2D eigenvalue weighted by Gasteiger charge is -2.13. The maximum absolute atomic E-state index is 2.40. The lowest BCUT2D eigenvalue weighted by Crippen LogP contribution is -1.99. The van der Waals surface area contributed by atoms with Crippen molar-refractivity contribution in [2.45, 2.75) is 46.0 Å². The monoisotopic (exact) mass is 346 g/mol. The summed E-state index contributed by atoms with van der Waals surface area (Å²) in [4.78, 5) is 4.45. The number of hydrogen-bond donors (Lipinski definition) is 0. The molecule has 3 aromatic rings. The Labute approximate surface area is 145 Å². The van der Waals surface area contributed by atoms with Gasteiger partial charge in [0.2, 0.25) is 0 Å². The Morgan fingerprint density at radius 2 is 0.955 bits per heavy atom. The van der Waals surface area contributed by atoms with Gasteiger partial charge in [-0.1, -0.05) is 20.8 Å². The first-order valence-corrected chi connectivity index (χ1v) is 10.6. The molecule has 0 aromatic carbocycles. The molecule has 22 heavy (non-hydrogen) atoms. The SMILES string of the molecule is CCc1cc(C(c2csc(CC)c2)c2csc(CC)c2)cs1. The fourth-order valence-corrected chi connectivity index (χ4v) is 5.37. The van der Waals surface area contributed by atoms with Gasteiger partial charge >= 0.3 is 0 Å². The molecular formula is C19H22S3. The van der Waals surface area contributed by atoms with Crippen molar-refractivity contribution in [3.63, 3.8) is 0 Å². The van der Waals surface area contributed by atoms with Crippen molar-refractivity contribution < 1.29 is 0 Å². The van der Waals surface area contributed by atoms with Crippen molar-refractivity contribution in [1.29, 1.82) is 0 Å². The van der Waals surface area contributed by atoms with Crippen LogP contribution in [0.25, 0.3) is 0 Å². The number of thiophene rings is 3. The zero-order valence-electron chi connectivity index (χ0n) is 13.4. The molecule has 0 N–H and O–H groups in total. The molecule has 0 aliphatic carbocycles. The Bertz CT molecular complexity index is 629. The van der Waals surface area contributed by atoms with E-state index in [0.29, 0.717) is 5.92 Å². The molecule has 0 nitrogen and oxygen atoms in total. The zero-order valence-corrected chi connectivity index (χ0v) is 15.8. The van der Waals surface area contributed by atoms with E-state index in [0.717, 1.165) is 19.3 Å². The highest BCUT2D eigenvalue weighted by Gasteiger charge is 2.20. The summed E-state index contributed by atoms with van der Waals surface area (Å²) < 4.78 is 0. The molecular weight excluding hydrogens is 324 g/mol. The smallest absolute Gasteiger partial charge is 0.0364 e. The van der Waals surface area contributed by atoms with Gasteiger partial charge in [0, 0.05) is 20.5 Å². The molecule has 0 fully saturated rings. The Balaban J connectivity index is 2.04. The molecule has 0 amide bonds. The predicted molar refractivity (Wildman–Crippen MR) is 102 cm³/mol. The van der Waals surface area contributed by atoms with Crippen molar-refractivity contribution in [2.75, 3.05) is 0 Å². The third kappa shape index (κ3) is 3.22. The van der Waals surface area contributed by atoms with Crippen molar-refractivity contribution in [1.82, 2.24) is 0 Å². The molecule has 0 spiro atoms. The van der Waals surface area contributed by atoms with Crippen LogP contribution in [-0.4, -0.2) is 0 Å². The van der Waals surface area contributed by atoms with E-state index >= 15 is 0 Å². The highest BCUT2D eigenvalue weighted by Crippen LogP contribution is 2.38. The lowest BCUT2D eigenvalue weighted by molar-refractivity contribution is 0.988. The minimum atomic E-state index is 0.407. The molecule has 0 aliphatic heterocycles. The average Bonchev–Trinajstić information content (AvgIpc) is 3.28. The summed E-state index contributed by atoms with van der Waals surface area (Å²) in [5, 5.41) is 7.07. The number of hydrogen-bond acceptors (Lipinski definition) is 3. The van der Waals surface area contributed by atoms with Crippen LogP contribution in [0.3, 0.4) is 0 Å². The molecule has 0 bridgehead atoms. The van der Waals surface area contributed by atoms with E-state index in [9.17, 15) is 0 Å². The summed E-state index contributed by atoms with van der Waals surface area (Å²) >= 11 is 5.70. The van der Waals surface area contributed by atoms with Crippen LogP contribution in [0.15, 0.2) is 34.3 Å². The van der Waals surface area contributed by atoms with Gasteiger partial charge in [-0.05, 0) is 70.3 Å². The molecule has 0 radical (unpaired) electrons. The maximum atomic E-state index is 2.40. The Hall–Kier alpha value is -0.900. The van der Waals surface area contributed by atoms with Crippen LogP contribution in [0.2, 0.25) is 0 Å². The second-order valence-electron chi connectivity index (χ2n) is 5.53. The van der Waals surface area contributed by atoms with E-state index < -0.39 is 0 Å². The maximum Gasteiger partial charge on any atom is 0.0364 e. The van der Waals surface area contributed by atoms with Gasteiger partial charge < -0.3 is 0 Å². The minimum absolute atomic E-state index is 0.407. The van der Waals surface area contributed by atoms with Crippen molar-refractivity contribution in [2.24, 2.45) is 0 Å². The summed E-state index contributed by atoms with van der Waals surface area (Å²) in [7, 11) is 0. The first-order chi connectivity index (χ1) is 10.7. The fraction of sp³-hybridized carbons (Fsp3) is 0.368. The Morgan fingerprint density at radius 1 is 0.636 bits per heavy atom. The largest absolute Gasteiger partial charge is 0.149 e. The van der Waals surface area contributed by atoms with Gasteiger partial charge in [-0.3, -0.25) is 0 Å². The third-order valence-corrected chi connectivity index (χ3v) is 7.37. The summed E-state index contributed by atoms with van der Waals surface area (Å²) in [5.41, 5.74) is 4.38. The normalized spacial score (nSPS) is 11.5. The van der Waals surface area contributed by atoms with Crippen LogP contribution in [0.5, 0.6) is 0 Å². The molecule has 0 atom stereocenters. The van der Waals surface area contributed by atoms with Crippen molar-refractivity contribution >= 4 is 34.0 Å². The Morgan fingerprint density at radius 3 is 1.18 bits per heavy atom. The van der Waals surface area contributed by atoms with Crippen LogP contribution in [0.1, 0.15) is 58.0 Å². The van der Waals surface area contributed by atoms with Crippen molar-refractivity contribution in [3.05, 3.63) is 65.7 Å². The van der Waals surface area contributed by atoms with Gasteiger partial charge in [0.15, 0.2) is 0 Å². The third-order valence-electron chi connectivity index (χ3n) is 4.07. The number of rotatable bonds is 6. The first kappa shape index (κ1) is 16.0. The molecule has 0 saturated heterocycles. The second kappa shape index (κ2) is 7.12. The van der Waals surface area contributed by atoms with Crippen LogP contribution in [-0.2, 0) is 19.3 Å². The zero-order chi connectivity index (χ0) is 15.5. The highest BCUT2D eigenvalue weighted by atomic mass is 32.1. The van der Waals surface area contributed by atoms with E-state index in [4.69, 9.17) is 0 Å². The highest BCUT2D eigenvalue weighted by molar-refractivity contribution is 7.10. The molecule has 0 unspecified atom stereocenters. The quantitative estimate of drug-likeness (QED) is 0.463. The van der Waals surface area contributed by atoms with Crippen LogP contribution in [0.4, 0.5) is 0 Å². The van der Waals surface area contributed by atoms with Crippen LogP contribution >= 0.6 is 34.0 Å². The van der Waals surface area contributed by atoms with E-state index in [-0.39, 0.29) is 0 Å². The van der Waals surface area contributed by atoms with E-state index in [1.807, 2.05) is 34.0 Å². The average molecular weight is 347 g/mol. The first-order valence-electron chi connectivity index (χ1n) is 7.97. The summed E-state index contributed by atoms with van der Waals surface area (Å²) in [6.45, 7) is 6.72. The molecule has 0 aliphatic rings. The Kier molecular flexibility index (Phi) is 5.17. The minimum Gasteiger partial charge on any atom is -0.149 e. The topological polar surface area (TPSA) is 0 Å². The molecule has 3 aromatic heterocycles. The van der Waals surface area contributed by atoms with E-state index in [2.05, 4.69) is 55.1 Å².